The topological polar surface area (TPSA) is 29.1 Å². The molecule has 1 heterocycles. The van der Waals surface area contributed by atoms with Crippen LogP contribution < -0.4 is 5.32 Å². The molecule has 4 aliphatic carbocycles. The van der Waals surface area contributed by atoms with E-state index < -0.39 is 0 Å². The van der Waals surface area contributed by atoms with Crippen LogP contribution in [0.3, 0.4) is 0 Å². The van der Waals surface area contributed by atoms with Crippen LogP contribution in [0.4, 0.5) is 0 Å². The summed E-state index contributed by atoms with van der Waals surface area (Å²) in [6.45, 7) is 9.91. The van der Waals surface area contributed by atoms with Gasteiger partial charge in [-0.3, -0.25) is 4.79 Å². The van der Waals surface area contributed by atoms with Gasteiger partial charge in [0.1, 0.15) is 5.78 Å². The Hall–Kier alpha value is -0.630. The summed E-state index contributed by atoms with van der Waals surface area (Å²) in [7, 11) is 0. The normalized spacial score (nSPS) is 53.8. The molecule has 0 aromatic rings. The highest BCUT2D eigenvalue weighted by Gasteiger charge is 2.61. The first-order valence-corrected chi connectivity index (χ1v) is 12.3. The van der Waals surface area contributed by atoms with Gasteiger partial charge in [-0.15, -0.1) is 0 Å². The average Bonchev–Trinajstić information content (AvgIpc) is 3.29. The Labute approximate surface area is 172 Å². The summed E-state index contributed by atoms with van der Waals surface area (Å²) in [6.07, 6.45) is 16.6. The number of hydrogen-bond donors (Lipinski definition) is 1. The Morgan fingerprint density at radius 2 is 1.75 bits per heavy atom. The van der Waals surface area contributed by atoms with Crippen molar-refractivity contribution < 1.29 is 4.79 Å². The highest BCUT2D eigenvalue weighted by Crippen LogP contribution is 2.67. The largest absolute Gasteiger partial charge is 0.316 e. The third kappa shape index (κ3) is 2.88. The molecule has 1 unspecified atom stereocenters. The maximum absolute atomic E-state index is 12.7. The molecule has 5 aliphatic rings. The molecule has 0 amide bonds. The first kappa shape index (κ1) is 19.3. The van der Waals surface area contributed by atoms with E-state index in [4.69, 9.17) is 0 Å². The van der Waals surface area contributed by atoms with Gasteiger partial charge in [0.25, 0.3) is 0 Å². The Kier molecular flexibility index (Phi) is 4.81. The predicted molar refractivity (Wildman–Crippen MR) is 115 cm³/mol. The van der Waals surface area contributed by atoms with Gasteiger partial charge in [0.15, 0.2) is 0 Å². The highest BCUT2D eigenvalue weighted by molar-refractivity contribution is 5.87. The molecule has 5 rings (SSSR count). The monoisotopic (exact) mass is 383 g/mol. The standard InChI is InChI=1S/C26H41NO/c1-17-14-20-21-6-7-24(28)26(21,3)12-9-22(20)25(2)11-8-18(15-23(17)25)4-5-19-10-13-27-16-19/h4-5,17-23,27H,6-16H2,1-3H3/t17-,18+,19-,20-,21-,22-,23?,25+,26-/m0/s1. The summed E-state index contributed by atoms with van der Waals surface area (Å²) in [5.41, 5.74) is 0.549. The SMILES string of the molecule is C[C@H]1C[C@@H]2[C@H](CC[C@]3(C)C(=O)CC[C@@H]23)[C@@]2(C)CC[C@@H](C=C[C@H]3CCNC3)CC12. The molecular weight excluding hydrogens is 342 g/mol. The van der Waals surface area contributed by atoms with Crippen LogP contribution in [0.25, 0.3) is 0 Å². The number of Topliss-reactive ketones (excluding diaryl/α,β-unsaturated/α-hetero) is 1. The number of rotatable bonds is 2. The van der Waals surface area contributed by atoms with Gasteiger partial charge < -0.3 is 5.32 Å². The van der Waals surface area contributed by atoms with E-state index in [2.05, 4.69) is 38.2 Å². The lowest BCUT2D eigenvalue weighted by molar-refractivity contribution is -0.146. The summed E-state index contributed by atoms with van der Waals surface area (Å²) < 4.78 is 0. The lowest BCUT2D eigenvalue weighted by Crippen LogP contribution is -2.55. The second-order valence-corrected chi connectivity index (χ2v) is 11.8. The summed E-state index contributed by atoms with van der Waals surface area (Å²) in [6, 6.07) is 0. The van der Waals surface area contributed by atoms with Gasteiger partial charge in [0, 0.05) is 18.4 Å². The van der Waals surface area contributed by atoms with E-state index in [-0.39, 0.29) is 5.41 Å². The van der Waals surface area contributed by atoms with Crippen LogP contribution >= 0.6 is 0 Å². The van der Waals surface area contributed by atoms with E-state index in [0.717, 1.165) is 41.9 Å². The number of ketones is 1. The number of allylic oxidation sites excluding steroid dienone is 1. The minimum absolute atomic E-state index is 0.0271. The minimum atomic E-state index is 0.0271. The molecule has 1 saturated heterocycles. The van der Waals surface area contributed by atoms with Crippen molar-refractivity contribution in [3.63, 3.8) is 0 Å². The van der Waals surface area contributed by atoms with E-state index in [9.17, 15) is 4.79 Å². The summed E-state index contributed by atoms with van der Waals surface area (Å²) in [5.74, 6) is 6.27. The second-order valence-electron chi connectivity index (χ2n) is 11.8. The zero-order valence-electron chi connectivity index (χ0n) is 18.4. The molecule has 0 spiro atoms. The zero-order valence-corrected chi connectivity index (χ0v) is 18.4. The van der Waals surface area contributed by atoms with Crippen LogP contribution in [-0.2, 0) is 4.79 Å². The van der Waals surface area contributed by atoms with Crippen LogP contribution in [-0.4, -0.2) is 18.9 Å². The van der Waals surface area contributed by atoms with Crippen LogP contribution in [0.1, 0.15) is 78.6 Å². The van der Waals surface area contributed by atoms with Crippen LogP contribution in [0.15, 0.2) is 12.2 Å². The third-order valence-corrected chi connectivity index (χ3v) is 10.5. The van der Waals surface area contributed by atoms with E-state index in [0.29, 0.717) is 17.1 Å². The van der Waals surface area contributed by atoms with Crippen molar-refractivity contribution in [2.75, 3.05) is 13.1 Å². The lowest BCUT2D eigenvalue weighted by Gasteiger charge is -2.62. The Balaban J connectivity index is 1.33. The molecule has 4 saturated carbocycles. The molecule has 0 aromatic carbocycles. The van der Waals surface area contributed by atoms with Gasteiger partial charge in [-0.25, -0.2) is 0 Å². The molecule has 1 N–H and O–H groups in total. The van der Waals surface area contributed by atoms with Gasteiger partial charge in [-0.1, -0.05) is 32.9 Å². The molecule has 2 heteroatoms. The van der Waals surface area contributed by atoms with Crippen molar-refractivity contribution in [3.8, 4) is 0 Å². The average molecular weight is 384 g/mol. The molecule has 28 heavy (non-hydrogen) atoms. The summed E-state index contributed by atoms with van der Waals surface area (Å²) in [4.78, 5) is 12.7. The maximum atomic E-state index is 12.7. The van der Waals surface area contributed by atoms with Crippen molar-refractivity contribution in [1.29, 1.82) is 0 Å². The summed E-state index contributed by atoms with van der Waals surface area (Å²) >= 11 is 0. The lowest BCUT2D eigenvalue weighted by atomic mass is 9.43. The fraction of sp³-hybridized carbons (Fsp3) is 0.885. The predicted octanol–water partition coefficient (Wildman–Crippen LogP) is 5.63. The van der Waals surface area contributed by atoms with Crippen molar-refractivity contribution in [1.82, 2.24) is 5.32 Å². The van der Waals surface area contributed by atoms with E-state index in [1.807, 2.05) is 0 Å². The maximum Gasteiger partial charge on any atom is 0.139 e. The number of nitrogens with one attached hydrogen (secondary N) is 1. The van der Waals surface area contributed by atoms with Gasteiger partial charge in [-0.05, 0) is 105 Å². The van der Waals surface area contributed by atoms with Crippen LogP contribution in [0.2, 0.25) is 0 Å². The Morgan fingerprint density at radius 1 is 0.929 bits per heavy atom. The minimum Gasteiger partial charge on any atom is -0.316 e. The van der Waals surface area contributed by atoms with E-state index in [1.54, 1.807) is 0 Å². The van der Waals surface area contributed by atoms with Crippen LogP contribution in [0.5, 0.6) is 0 Å². The van der Waals surface area contributed by atoms with Crippen molar-refractivity contribution in [2.24, 2.45) is 52.3 Å². The number of carbonyl (C=O) groups excluding carboxylic acids is 1. The molecule has 0 radical (unpaired) electrons. The van der Waals surface area contributed by atoms with Gasteiger partial charge in [0.05, 0.1) is 0 Å². The van der Waals surface area contributed by atoms with Crippen molar-refractivity contribution in [3.05, 3.63) is 12.2 Å². The smallest absolute Gasteiger partial charge is 0.139 e. The molecule has 2 nitrogen and oxygen atoms in total. The zero-order chi connectivity index (χ0) is 19.5. The van der Waals surface area contributed by atoms with Gasteiger partial charge >= 0.3 is 0 Å². The number of fused-ring (bicyclic) bond motifs is 5. The quantitative estimate of drug-likeness (QED) is 0.627. The molecule has 0 bridgehead atoms. The first-order chi connectivity index (χ1) is 13.4. The van der Waals surface area contributed by atoms with Crippen molar-refractivity contribution >= 4 is 5.78 Å². The number of hydrogen-bond acceptors (Lipinski definition) is 2. The van der Waals surface area contributed by atoms with Crippen molar-refractivity contribution in [2.45, 2.75) is 78.6 Å². The molecule has 1 aliphatic heterocycles. The van der Waals surface area contributed by atoms with Gasteiger partial charge in [-0.2, -0.15) is 0 Å². The molecule has 5 fully saturated rings. The van der Waals surface area contributed by atoms with E-state index >= 15 is 0 Å². The van der Waals surface area contributed by atoms with Crippen LogP contribution in [0, 0.1) is 52.3 Å². The summed E-state index contributed by atoms with van der Waals surface area (Å²) in [5, 5.41) is 3.50. The first-order valence-electron chi connectivity index (χ1n) is 12.3. The molecular formula is C26H41NO. The molecule has 0 aromatic heterocycles. The highest BCUT2D eigenvalue weighted by atomic mass is 16.1. The Morgan fingerprint density at radius 3 is 2.54 bits per heavy atom. The molecule has 156 valence electrons. The third-order valence-electron chi connectivity index (χ3n) is 10.5. The fourth-order valence-corrected chi connectivity index (χ4v) is 8.87. The van der Waals surface area contributed by atoms with Gasteiger partial charge in [0.2, 0.25) is 0 Å². The fourth-order valence-electron chi connectivity index (χ4n) is 8.87. The van der Waals surface area contributed by atoms with E-state index in [1.165, 1.54) is 64.5 Å². The molecule has 9 atom stereocenters. The second kappa shape index (κ2) is 6.96. The Bertz CT molecular complexity index is 649. The number of carbonyl (C=O) groups is 1.